The zero-order valence-electron chi connectivity index (χ0n) is 13.0. The predicted molar refractivity (Wildman–Crippen MR) is 84.3 cm³/mol. The fourth-order valence-electron chi connectivity index (χ4n) is 2.43. The first-order valence-corrected chi connectivity index (χ1v) is 7.55. The Balaban J connectivity index is 2.35. The lowest BCUT2D eigenvalue weighted by Gasteiger charge is -2.19. The summed E-state index contributed by atoms with van der Waals surface area (Å²) >= 11 is 0. The van der Waals surface area contributed by atoms with Crippen molar-refractivity contribution in [1.29, 1.82) is 0 Å². The number of amides is 1. The van der Waals surface area contributed by atoms with E-state index in [1.54, 1.807) is 0 Å². The van der Waals surface area contributed by atoms with Crippen molar-refractivity contribution in [2.24, 2.45) is 17.6 Å². The number of carbonyl (C=O) groups excluding carboxylic acids is 1. The summed E-state index contributed by atoms with van der Waals surface area (Å²) in [5.41, 5.74) is 8.03. The molecule has 0 saturated heterocycles. The minimum atomic E-state index is 0.135. The van der Waals surface area contributed by atoms with Gasteiger partial charge in [-0.2, -0.15) is 0 Å². The van der Waals surface area contributed by atoms with Gasteiger partial charge in [0.2, 0.25) is 5.91 Å². The zero-order chi connectivity index (χ0) is 15.0. The molecule has 1 aromatic carbocycles. The lowest BCUT2D eigenvalue weighted by Crippen LogP contribution is -2.24. The Morgan fingerprint density at radius 1 is 1.25 bits per heavy atom. The Kier molecular flexibility index (Phi) is 7.31. The van der Waals surface area contributed by atoms with Crippen molar-refractivity contribution in [1.82, 2.24) is 5.32 Å². The predicted octanol–water partition coefficient (Wildman–Crippen LogP) is 3.01. The van der Waals surface area contributed by atoms with E-state index in [2.05, 4.69) is 38.2 Å². The van der Waals surface area contributed by atoms with Gasteiger partial charge in [0.1, 0.15) is 0 Å². The highest BCUT2D eigenvalue weighted by Gasteiger charge is 2.14. The summed E-state index contributed by atoms with van der Waals surface area (Å²) < 4.78 is 0. The highest BCUT2D eigenvalue weighted by atomic mass is 16.1. The molecule has 1 unspecified atom stereocenters. The molecule has 3 heteroatoms. The van der Waals surface area contributed by atoms with Crippen LogP contribution in [-0.4, -0.2) is 12.5 Å². The van der Waals surface area contributed by atoms with Gasteiger partial charge in [-0.05, 0) is 49.3 Å². The van der Waals surface area contributed by atoms with Gasteiger partial charge in [-0.15, -0.1) is 0 Å². The number of rotatable bonds is 8. The van der Waals surface area contributed by atoms with Gasteiger partial charge in [0.05, 0.1) is 0 Å². The molecular formula is C17H28N2O. The average molecular weight is 276 g/mol. The summed E-state index contributed by atoms with van der Waals surface area (Å²) in [6.45, 7) is 7.79. The number of nitrogens with two attached hydrogens (primary N) is 1. The third-order valence-corrected chi connectivity index (χ3v) is 3.96. The van der Waals surface area contributed by atoms with Crippen molar-refractivity contribution in [2.75, 3.05) is 6.54 Å². The minimum absolute atomic E-state index is 0.135. The second-order valence-corrected chi connectivity index (χ2v) is 5.82. The maximum atomic E-state index is 11.9. The van der Waals surface area contributed by atoms with E-state index in [1.807, 2.05) is 12.1 Å². The summed E-state index contributed by atoms with van der Waals surface area (Å²) in [6.07, 6.45) is 2.52. The SMILES string of the molecule is Cc1ccccc1CNC(=O)CCC(CCN)C(C)C. The molecule has 1 atom stereocenters. The highest BCUT2D eigenvalue weighted by molar-refractivity contribution is 5.75. The lowest BCUT2D eigenvalue weighted by atomic mass is 9.88. The quantitative estimate of drug-likeness (QED) is 0.767. The molecule has 0 fully saturated rings. The van der Waals surface area contributed by atoms with Crippen molar-refractivity contribution in [2.45, 2.75) is 46.6 Å². The number of aryl methyl sites for hydroxylation is 1. The topological polar surface area (TPSA) is 55.1 Å². The Labute approximate surface area is 122 Å². The van der Waals surface area contributed by atoms with E-state index in [1.165, 1.54) is 11.1 Å². The number of benzene rings is 1. The van der Waals surface area contributed by atoms with Crippen molar-refractivity contribution in [3.05, 3.63) is 35.4 Å². The summed E-state index contributed by atoms with van der Waals surface area (Å²) in [5.74, 6) is 1.27. The van der Waals surface area contributed by atoms with Crippen LogP contribution >= 0.6 is 0 Å². The number of hydrogen-bond acceptors (Lipinski definition) is 2. The van der Waals surface area contributed by atoms with Gasteiger partial charge >= 0.3 is 0 Å². The second-order valence-electron chi connectivity index (χ2n) is 5.82. The van der Waals surface area contributed by atoms with Crippen LogP contribution in [0.4, 0.5) is 0 Å². The molecule has 1 aromatic rings. The van der Waals surface area contributed by atoms with Crippen LogP contribution < -0.4 is 11.1 Å². The molecule has 0 heterocycles. The van der Waals surface area contributed by atoms with Crippen LogP contribution in [0.5, 0.6) is 0 Å². The summed E-state index contributed by atoms with van der Waals surface area (Å²) in [6, 6.07) is 8.14. The molecule has 3 nitrogen and oxygen atoms in total. The van der Waals surface area contributed by atoms with Crippen LogP contribution in [0.15, 0.2) is 24.3 Å². The standard InChI is InChI=1S/C17H28N2O/c1-13(2)15(10-11-18)8-9-17(20)19-12-16-7-5-4-6-14(16)3/h4-7,13,15H,8-12,18H2,1-3H3,(H,19,20). The van der Waals surface area contributed by atoms with Crippen molar-refractivity contribution in [3.63, 3.8) is 0 Å². The molecule has 112 valence electrons. The second kappa shape index (κ2) is 8.75. The van der Waals surface area contributed by atoms with Crippen molar-refractivity contribution in [3.8, 4) is 0 Å². The molecule has 0 spiro atoms. The average Bonchev–Trinajstić information content (AvgIpc) is 2.42. The summed E-state index contributed by atoms with van der Waals surface area (Å²) in [7, 11) is 0. The molecule has 0 aliphatic heterocycles. The van der Waals surface area contributed by atoms with E-state index in [4.69, 9.17) is 5.73 Å². The molecule has 1 rings (SSSR count). The van der Waals surface area contributed by atoms with Crippen LogP contribution in [0.3, 0.4) is 0 Å². The fourth-order valence-corrected chi connectivity index (χ4v) is 2.43. The van der Waals surface area contributed by atoms with Crippen molar-refractivity contribution >= 4 is 5.91 Å². The summed E-state index contributed by atoms with van der Waals surface area (Å²) in [4.78, 5) is 11.9. The molecule has 0 aliphatic rings. The minimum Gasteiger partial charge on any atom is -0.352 e. The fraction of sp³-hybridized carbons (Fsp3) is 0.588. The van der Waals surface area contributed by atoms with Crippen LogP contribution in [0.1, 0.15) is 44.2 Å². The van der Waals surface area contributed by atoms with Gasteiger partial charge in [-0.25, -0.2) is 0 Å². The number of hydrogen-bond donors (Lipinski definition) is 2. The molecule has 0 saturated carbocycles. The molecule has 3 N–H and O–H groups in total. The molecular weight excluding hydrogens is 248 g/mol. The maximum absolute atomic E-state index is 11.9. The van der Waals surface area contributed by atoms with E-state index < -0.39 is 0 Å². The maximum Gasteiger partial charge on any atom is 0.220 e. The van der Waals surface area contributed by atoms with Gasteiger partial charge in [0.25, 0.3) is 0 Å². The molecule has 0 aliphatic carbocycles. The number of nitrogens with one attached hydrogen (secondary N) is 1. The van der Waals surface area contributed by atoms with Crippen LogP contribution in [0.2, 0.25) is 0 Å². The third-order valence-electron chi connectivity index (χ3n) is 3.96. The van der Waals surface area contributed by atoms with Gasteiger partial charge in [0, 0.05) is 13.0 Å². The first kappa shape index (κ1) is 16.7. The number of carbonyl (C=O) groups is 1. The van der Waals surface area contributed by atoms with Gasteiger partial charge in [0.15, 0.2) is 0 Å². The van der Waals surface area contributed by atoms with Gasteiger partial charge in [-0.3, -0.25) is 4.79 Å². The first-order chi connectivity index (χ1) is 9.54. The monoisotopic (exact) mass is 276 g/mol. The molecule has 0 aromatic heterocycles. The van der Waals surface area contributed by atoms with E-state index >= 15 is 0 Å². The lowest BCUT2D eigenvalue weighted by molar-refractivity contribution is -0.121. The van der Waals surface area contributed by atoms with Crippen LogP contribution in [-0.2, 0) is 11.3 Å². The normalized spacial score (nSPS) is 12.4. The van der Waals surface area contributed by atoms with Crippen LogP contribution in [0.25, 0.3) is 0 Å². The van der Waals surface area contributed by atoms with E-state index in [9.17, 15) is 4.79 Å². The summed E-state index contributed by atoms with van der Waals surface area (Å²) in [5, 5.41) is 3.01. The largest absolute Gasteiger partial charge is 0.352 e. The Bertz CT molecular complexity index is 415. The van der Waals surface area contributed by atoms with Crippen LogP contribution in [0, 0.1) is 18.8 Å². The van der Waals surface area contributed by atoms with Crippen molar-refractivity contribution < 1.29 is 4.79 Å². The molecule has 20 heavy (non-hydrogen) atoms. The van der Waals surface area contributed by atoms with Gasteiger partial charge in [-0.1, -0.05) is 38.1 Å². The highest BCUT2D eigenvalue weighted by Crippen LogP contribution is 2.20. The van der Waals surface area contributed by atoms with Gasteiger partial charge < -0.3 is 11.1 Å². The van der Waals surface area contributed by atoms with E-state index in [-0.39, 0.29) is 5.91 Å². The first-order valence-electron chi connectivity index (χ1n) is 7.55. The Morgan fingerprint density at radius 3 is 2.55 bits per heavy atom. The third kappa shape index (κ3) is 5.74. The van der Waals surface area contributed by atoms with E-state index in [0.29, 0.717) is 31.3 Å². The van der Waals surface area contributed by atoms with E-state index in [0.717, 1.165) is 12.8 Å². The molecule has 0 radical (unpaired) electrons. The Hall–Kier alpha value is -1.35. The molecule has 1 amide bonds. The zero-order valence-corrected chi connectivity index (χ0v) is 13.0. The molecule has 0 bridgehead atoms. The smallest absolute Gasteiger partial charge is 0.220 e. The Morgan fingerprint density at radius 2 is 1.95 bits per heavy atom.